The number of non-ortho nitro benzene ring substituents is 1. The molecule has 0 bridgehead atoms. The minimum atomic E-state index is -0.436. The first-order valence-corrected chi connectivity index (χ1v) is 6.76. The lowest BCUT2D eigenvalue weighted by molar-refractivity contribution is -0.384. The van der Waals surface area contributed by atoms with Gasteiger partial charge in [0.1, 0.15) is 5.84 Å². The molecule has 6 nitrogen and oxygen atoms in total. The van der Waals surface area contributed by atoms with E-state index >= 15 is 0 Å². The lowest BCUT2D eigenvalue weighted by atomic mass is 10.1. The molecule has 1 aliphatic heterocycles. The third kappa shape index (κ3) is 2.46. The van der Waals surface area contributed by atoms with E-state index in [1.807, 2.05) is 29.2 Å². The van der Waals surface area contributed by atoms with Crippen molar-refractivity contribution in [2.75, 3.05) is 4.90 Å². The Hall–Kier alpha value is -3.02. The number of nitro groups is 1. The SMILES string of the molecule is CC(=O)N=C1c2ccccc2CN1c1cccc([N+](=O)[O-])c1. The molecule has 0 aliphatic carbocycles. The van der Waals surface area contributed by atoms with Gasteiger partial charge in [0.25, 0.3) is 5.69 Å². The highest BCUT2D eigenvalue weighted by Crippen LogP contribution is 2.30. The zero-order valence-corrected chi connectivity index (χ0v) is 11.9. The summed E-state index contributed by atoms with van der Waals surface area (Å²) < 4.78 is 0. The van der Waals surface area contributed by atoms with Crippen LogP contribution in [0.25, 0.3) is 0 Å². The maximum Gasteiger partial charge on any atom is 0.271 e. The van der Waals surface area contributed by atoms with Gasteiger partial charge >= 0.3 is 0 Å². The number of hydrogen-bond donors (Lipinski definition) is 0. The highest BCUT2D eigenvalue weighted by atomic mass is 16.6. The van der Waals surface area contributed by atoms with Crippen LogP contribution in [0.2, 0.25) is 0 Å². The molecule has 0 atom stereocenters. The number of rotatable bonds is 2. The van der Waals surface area contributed by atoms with Crippen LogP contribution in [-0.2, 0) is 11.3 Å². The second kappa shape index (κ2) is 5.40. The van der Waals surface area contributed by atoms with Gasteiger partial charge in [-0.3, -0.25) is 14.9 Å². The summed E-state index contributed by atoms with van der Waals surface area (Å²) in [5, 5.41) is 10.9. The van der Waals surface area contributed by atoms with Crippen LogP contribution in [0.15, 0.2) is 53.5 Å². The Balaban J connectivity index is 2.09. The van der Waals surface area contributed by atoms with Gasteiger partial charge in [0.15, 0.2) is 0 Å². The predicted octanol–water partition coefficient (Wildman–Crippen LogP) is 2.91. The van der Waals surface area contributed by atoms with Gasteiger partial charge in [-0.15, -0.1) is 0 Å². The number of amides is 1. The lowest BCUT2D eigenvalue weighted by Gasteiger charge is -2.18. The van der Waals surface area contributed by atoms with Gasteiger partial charge in [-0.2, -0.15) is 4.99 Å². The van der Waals surface area contributed by atoms with Crippen LogP contribution in [0.5, 0.6) is 0 Å². The van der Waals surface area contributed by atoms with Crippen LogP contribution < -0.4 is 4.90 Å². The van der Waals surface area contributed by atoms with Crippen molar-refractivity contribution in [2.45, 2.75) is 13.5 Å². The number of anilines is 1. The summed E-state index contributed by atoms with van der Waals surface area (Å²) in [6.07, 6.45) is 0. The second-order valence-electron chi connectivity index (χ2n) is 4.97. The van der Waals surface area contributed by atoms with Crippen molar-refractivity contribution >= 4 is 23.1 Å². The van der Waals surface area contributed by atoms with Crippen LogP contribution in [0.3, 0.4) is 0 Å². The fraction of sp³-hybridized carbons (Fsp3) is 0.125. The lowest BCUT2D eigenvalue weighted by Crippen LogP contribution is -2.25. The summed E-state index contributed by atoms with van der Waals surface area (Å²) in [7, 11) is 0. The standard InChI is InChI=1S/C16H13N3O3/c1-11(20)17-16-15-8-3-2-5-12(15)10-18(16)13-6-4-7-14(9-13)19(21)22/h2-9H,10H2,1H3. The quantitative estimate of drug-likeness (QED) is 0.630. The molecule has 0 radical (unpaired) electrons. The van der Waals surface area contributed by atoms with Crippen LogP contribution in [0.4, 0.5) is 11.4 Å². The van der Waals surface area contributed by atoms with Crippen molar-refractivity contribution in [3.8, 4) is 0 Å². The molecular formula is C16H13N3O3. The first-order chi connectivity index (χ1) is 10.6. The zero-order valence-electron chi connectivity index (χ0n) is 11.9. The summed E-state index contributed by atoms with van der Waals surface area (Å²) in [6.45, 7) is 1.92. The van der Waals surface area contributed by atoms with Crippen molar-refractivity contribution in [2.24, 2.45) is 4.99 Å². The van der Waals surface area contributed by atoms with Crippen LogP contribution in [0, 0.1) is 10.1 Å². The number of benzene rings is 2. The Morgan fingerprint density at radius 1 is 1.23 bits per heavy atom. The Morgan fingerprint density at radius 3 is 2.73 bits per heavy atom. The molecular weight excluding hydrogens is 282 g/mol. The molecule has 2 aromatic rings. The molecule has 1 aliphatic rings. The molecule has 0 N–H and O–H groups in total. The maximum atomic E-state index is 11.4. The van der Waals surface area contributed by atoms with Crippen LogP contribution in [-0.4, -0.2) is 16.7 Å². The van der Waals surface area contributed by atoms with Crippen molar-refractivity contribution < 1.29 is 9.72 Å². The Morgan fingerprint density at radius 2 is 2.00 bits per heavy atom. The average molecular weight is 295 g/mol. The van der Waals surface area contributed by atoms with Crippen molar-refractivity contribution in [1.29, 1.82) is 0 Å². The molecule has 0 spiro atoms. The number of nitrogens with zero attached hydrogens (tertiary/aromatic N) is 3. The monoisotopic (exact) mass is 295 g/mol. The molecule has 110 valence electrons. The minimum absolute atomic E-state index is 0.00984. The van der Waals surface area contributed by atoms with E-state index in [-0.39, 0.29) is 11.6 Å². The fourth-order valence-electron chi connectivity index (χ4n) is 2.52. The first kappa shape index (κ1) is 13.9. The molecule has 0 aromatic heterocycles. The summed E-state index contributed by atoms with van der Waals surface area (Å²) in [5.74, 6) is 0.228. The van der Waals surface area contributed by atoms with E-state index in [2.05, 4.69) is 4.99 Å². The Labute approximate surface area is 126 Å². The van der Waals surface area contributed by atoms with E-state index in [1.165, 1.54) is 19.1 Å². The molecule has 22 heavy (non-hydrogen) atoms. The molecule has 0 unspecified atom stereocenters. The Bertz CT molecular complexity index is 799. The summed E-state index contributed by atoms with van der Waals surface area (Å²) >= 11 is 0. The van der Waals surface area contributed by atoms with Gasteiger partial charge in [-0.1, -0.05) is 30.3 Å². The maximum absolute atomic E-state index is 11.4. The molecule has 3 rings (SSSR count). The van der Waals surface area contributed by atoms with Gasteiger partial charge in [-0.05, 0) is 11.6 Å². The van der Waals surface area contributed by atoms with Gasteiger partial charge in [0, 0.05) is 30.3 Å². The molecule has 1 heterocycles. The van der Waals surface area contributed by atoms with Gasteiger partial charge < -0.3 is 4.90 Å². The Kier molecular flexibility index (Phi) is 3.42. The number of amidine groups is 1. The van der Waals surface area contributed by atoms with Gasteiger partial charge in [-0.25, -0.2) is 0 Å². The topological polar surface area (TPSA) is 75.8 Å². The van der Waals surface area contributed by atoms with E-state index < -0.39 is 4.92 Å². The number of hydrogen-bond acceptors (Lipinski definition) is 3. The normalized spacial score (nSPS) is 15.0. The van der Waals surface area contributed by atoms with Crippen LogP contribution >= 0.6 is 0 Å². The summed E-state index contributed by atoms with van der Waals surface area (Å²) in [6, 6.07) is 14.0. The van der Waals surface area contributed by atoms with E-state index in [1.54, 1.807) is 12.1 Å². The molecule has 0 saturated carbocycles. The van der Waals surface area contributed by atoms with Crippen molar-refractivity contribution in [3.05, 3.63) is 69.8 Å². The summed E-state index contributed by atoms with van der Waals surface area (Å²) in [5.41, 5.74) is 2.57. The van der Waals surface area contributed by atoms with Gasteiger partial charge in [0.05, 0.1) is 11.5 Å². The molecule has 2 aromatic carbocycles. The van der Waals surface area contributed by atoms with Crippen LogP contribution in [0.1, 0.15) is 18.1 Å². The number of carbonyl (C=O) groups is 1. The highest BCUT2D eigenvalue weighted by Gasteiger charge is 2.27. The average Bonchev–Trinajstić information content (AvgIpc) is 2.86. The highest BCUT2D eigenvalue weighted by molar-refractivity contribution is 6.16. The first-order valence-electron chi connectivity index (χ1n) is 6.76. The minimum Gasteiger partial charge on any atom is -0.321 e. The number of carbonyl (C=O) groups excluding carboxylic acids is 1. The van der Waals surface area contributed by atoms with E-state index in [0.717, 1.165) is 11.1 Å². The molecule has 1 amide bonds. The number of aliphatic imine (C=N–C) groups is 1. The summed E-state index contributed by atoms with van der Waals surface area (Å²) in [4.78, 5) is 27.9. The third-order valence-corrected chi connectivity index (χ3v) is 3.46. The largest absolute Gasteiger partial charge is 0.321 e. The third-order valence-electron chi connectivity index (χ3n) is 3.46. The molecule has 0 saturated heterocycles. The van der Waals surface area contributed by atoms with Crippen molar-refractivity contribution in [1.82, 2.24) is 0 Å². The number of nitro benzene ring substituents is 1. The predicted molar refractivity (Wildman–Crippen MR) is 82.9 cm³/mol. The second-order valence-corrected chi connectivity index (χ2v) is 4.97. The number of fused-ring (bicyclic) bond motifs is 1. The zero-order chi connectivity index (χ0) is 15.7. The molecule has 0 fully saturated rings. The fourth-order valence-corrected chi connectivity index (χ4v) is 2.52. The van der Waals surface area contributed by atoms with Gasteiger partial charge in [0.2, 0.25) is 5.91 Å². The van der Waals surface area contributed by atoms with E-state index in [9.17, 15) is 14.9 Å². The van der Waals surface area contributed by atoms with E-state index in [0.29, 0.717) is 18.1 Å². The van der Waals surface area contributed by atoms with Crippen molar-refractivity contribution in [3.63, 3.8) is 0 Å². The van der Waals surface area contributed by atoms with E-state index in [4.69, 9.17) is 0 Å². The molecule has 6 heteroatoms. The smallest absolute Gasteiger partial charge is 0.271 e.